The number of hydrogen-bond donors (Lipinski definition) is 0. The van der Waals surface area contributed by atoms with Crippen molar-refractivity contribution in [2.24, 2.45) is 0 Å². The lowest BCUT2D eigenvalue weighted by atomic mass is 9.78. The van der Waals surface area contributed by atoms with Crippen LogP contribution < -0.4 is 4.90 Å². The fourth-order valence-electron chi connectivity index (χ4n) is 7.64. The number of rotatable bonds is 5. The van der Waals surface area contributed by atoms with Crippen molar-refractivity contribution in [1.29, 1.82) is 0 Å². The zero-order valence-electron chi connectivity index (χ0n) is 26.8. The molecule has 228 valence electrons. The molecule has 0 unspecified atom stereocenters. The average molecular weight is 622 g/mol. The lowest BCUT2D eigenvalue weighted by molar-refractivity contribution is 1.29. The summed E-state index contributed by atoms with van der Waals surface area (Å²) in [6.07, 6.45) is 0. The zero-order valence-corrected chi connectivity index (χ0v) is 26.8. The van der Waals surface area contributed by atoms with Crippen LogP contribution in [0, 0.1) is 0 Å². The smallest absolute Gasteiger partial charge is 0.0468 e. The van der Waals surface area contributed by atoms with Gasteiger partial charge in [0.15, 0.2) is 0 Å². The quantitative estimate of drug-likeness (QED) is 0.185. The van der Waals surface area contributed by atoms with Gasteiger partial charge < -0.3 is 4.90 Å². The molecule has 1 nitrogen and oxygen atoms in total. The number of nitrogens with zero attached hydrogens (tertiary/aromatic N) is 1. The van der Waals surface area contributed by atoms with Gasteiger partial charge in [-0.25, -0.2) is 0 Å². The van der Waals surface area contributed by atoms with E-state index in [4.69, 9.17) is 0 Å². The van der Waals surface area contributed by atoms with Crippen LogP contribution in [0.1, 0.15) is 0 Å². The molecule has 0 fully saturated rings. The van der Waals surface area contributed by atoms with Crippen molar-refractivity contribution in [2.75, 3.05) is 4.90 Å². The van der Waals surface area contributed by atoms with Gasteiger partial charge in [-0.3, -0.25) is 0 Å². The summed E-state index contributed by atoms with van der Waals surface area (Å²) in [6.45, 7) is 0. The van der Waals surface area contributed by atoms with Gasteiger partial charge in [-0.05, 0) is 137 Å². The zero-order chi connectivity index (χ0) is 32.3. The molecule has 9 aromatic carbocycles. The Balaban J connectivity index is 1.08. The Kier molecular flexibility index (Phi) is 6.25. The van der Waals surface area contributed by atoms with Crippen molar-refractivity contribution >= 4 is 49.4 Å². The third kappa shape index (κ3) is 4.63. The van der Waals surface area contributed by atoms with E-state index in [-0.39, 0.29) is 0 Å². The third-order valence-corrected chi connectivity index (χ3v) is 10.1. The minimum Gasteiger partial charge on any atom is -0.310 e. The van der Waals surface area contributed by atoms with Crippen LogP contribution in [0.25, 0.3) is 76.8 Å². The van der Waals surface area contributed by atoms with E-state index in [1.54, 1.807) is 0 Å². The Morgan fingerprint density at radius 2 is 0.714 bits per heavy atom. The second kappa shape index (κ2) is 11.1. The highest BCUT2D eigenvalue weighted by Crippen LogP contribution is 2.51. The van der Waals surface area contributed by atoms with E-state index >= 15 is 0 Å². The van der Waals surface area contributed by atoms with Crippen LogP contribution in [0.4, 0.5) is 17.1 Å². The fourth-order valence-corrected chi connectivity index (χ4v) is 7.64. The number of hydrogen-bond acceptors (Lipinski definition) is 1. The summed E-state index contributed by atoms with van der Waals surface area (Å²) in [6, 6.07) is 68.7. The van der Waals surface area contributed by atoms with Crippen molar-refractivity contribution in [3.05, 3.63) is 188 Å². The molecular weight excluding hydrogens is 591 g/mol. The molecule has 9 aromatic rings. The van der Waals surface area contributed by atoms with Crippen LogP contribution in [0.5, 0.6) is 0 Å². The fraction of sp³-hybridized carbons (Fsp3) is 0. The first kappa shape index (κ1) is 27.7. The maximum Gasteiger partial charge on any atom is 0.0468 e. The van der Waals surface area contributed by atoms with Crippen molar-refractivity contribution in [2.45, 2.75) is 0 Å². The van der Waals surface area contributed by atoms with Gasteiger partial charge in [-0.15, -0.1) is 0 Å². The third-order valence-electron chi connectivity index (χ3n) is 10.1. The minimum atomic E-state index is 1.12. The number of anilines is 3. The lowest BCUT2D eigenvalue weighted by Gasteiger charge is -2.28. The summed E-state index contributed by atoms with van der Waals surface area (Å²) in [4.78, 5) is 2.38. The molecule has 0 heterocycles. The largest absolute Gasteiger partial charge is 0.310 e. The van der Waals surface area contributed by atoms with Crippen LogP contribution in [0.2, 0.25) is 0 Å². The van der Waals surface area contributed by atoms with Gasteiger partial charge in [0, 0.05) is 17.1 Å². The predicted molar refractivity (Wildman–Crippen MR) is 209 cm³/mol. The molecule has 1 aliphatic carbocycles. The molecule has 0 N–H and O–H groups in total. The Bertz CT molecular complexity index is 2680. The van der Waals surface area contributed by atoms with Crippen LogP contribution in [0.3, 0.4) is 0 Å². The molecule has 0 atom stereocenters. The summed E-state index contributed by atoms with van der Waals surface area (Å²) in [7, 11) is 0. The Morgan fingerprint density at radius 1 is 0.245 bits per heavy atom. The molecule has 0 spiro atoms. The molecular formula is C48H31N. The minimum absolute atomic E-state index is 1.12. The van der Waals surface area contributed by atoms with E-state index in [1.165, 1.54) is 76.8 Å². The van der Waals surface area contributed by atoms with E-state index in [0.29, 0.717) is 0 Å². The molecule has 49 heavy (non-hydrogen) atoms. The number of benzene rings is 9. The molecule has 1 heteroatoms. The van der Waals surface area contributed by atoms with E-state index < -0.39 is 0 Å². The Morgan fingerprint density at radius 3 is 1.37 bits per heavy atom. The molecule has 1 aliphatic rings. The lowest BCUT2D eigenvalue weighted by Crippen LogP contribution is -2.10. The summed E-state index contributed by atoms with van der Waals surface area (Å²) in [5.41, 5.74) is 13.6. The average Bonchev–Trinajstić information content (AvgIpc) is 3.17. The maximum absolute atomic E-state index is 2.38. The van der Waals surface area contributed by atoms with Gasteiger partial charge >= 0.3 is 0 Å². The van der Waals surface area contributed by atoms with Gasteiger partial charge in [0.2, 0.25) is 0 Å². The molecule has 0 radical (unpaired) electrons. The molecule has 0 saturated carbocycles. The van der Waals surface area contributed by atoms with Gasteiger partial charge in [-0.1, -0.05) is 127 Å². The molecule has 10 rings (SSSR count). The molecule has 0 aromatic heterocycles. The summed E-state index contributed by atoms with van der Waals surface area (Å²) >= 11 is 0. The highest BCUT2D eigenvalue weighted by Gasteiger charge is 2.24. The predicted octanol–water partition coefficient (Wildman–Crippen LogP) is 13.6. The van der Waals surface area contributed by atoms with Gasteiger partial charge in [0.25, 0.3) is 0 Å². The van der Waals surface area contributed by atoms with Crippen LogP contribution in [0.15, 0.2) is 188 Å². The van der Waals surface area contributed by atoms with Crippen molar-refractivity contribution in [1.82, 2.24) is 0 Å². The van der Waals surface area contributed by atoms with Crippen molar-refractivity contribution < 1.29 is 0 Å². The Hall–Kier alpha value is -6.44. The van der Waals surface area contributed by atoms with Gasteiger partial charge in [0.1, 0.15) is 0 Å². The van der Waals surface area contributed by atoms with Crippen LogP contribution in [-0.2, 0) is 0 Å². The topological polar surface area (TPSA) is 3.24 Å². The Labute approximate surface area is 286 Å². The van der Waals surface area contributed by atoms with Gasteiger partial charge in [-0.2, -0.15) is 0 Å². The van der Waals surface area contributed by atoms with Crippen LogP contribution in [-0.4, -0.2) is 0 Å². The summed E-state index contributed by atoms with van der Waals surface area (Å²) < 4.78 is 0. The normalized spacial score (nSPS) is 11.7. The molecule has 0 saturated heterocycles. The van der Waals surface area contributed by atoms with Crippen molar-refractivity contribution in [3.63, 3.8) is 0 Å². The second-order valence-electron chi connectivity index (χ2n) is 13.0. The highest BCUT2D eigenvalue weighted by atomic mass is 15.1. The first-order valence-electron chi connectivity index (χ1n) is 16.9. The van der Waals surface area contributed by atoms with Crippen molar-refractivity contribution in [3.8, 4) is 44.5 Å². The van der Waals surface area contributed by atoms with E-state index in [2.05, 4.69) is 193 Å². The SMILES string of the molecule is c1ccc(-c2ccc(N(c3ccc(-c4cccc5ccccc45)cc3)c3ccc4cc5c(cc4c3)-c3cc4ccccc4cc3-5)cc2)cc1. The molecule has 0 amide bonds. The molecule has 0 bridgehead atoms. The van der Waals surface area contributed by atoms with E-state index in [1.807, 2.05) is 0 Å². The first-order chi connectivity index (χ1) is 24.3. The standard InChI is InChI=1S/C48H31N/c1-2-9-32(10-3-1)33-17-22-40(23-18-33)49(41-24-19-35(20-25-41)44-16-8-14-34-11-6-7-15-43(34)44)42-26-21-38-30-47-45-28-36-12-4-5-13-37(36)29-46(45)48(47)31-39(38)27-42/h1-31H. The first-order valence-corrected chi connectivity index (χ1v) is 16.9. The second-order valence-corrected chi connectivity index (χ2v) is 13.0. The van der Waals surface area contributed by atoms with Crippen LogP contribution >= 0.6 is 0 Å². The molecule has 0 aliphatic heterocycles. The maximum atomic E-state index is 2.38. The number of fused-ring (bicyclic) bond motifs is 7. The van der Waals surface area contributed by atoms with E-state index in [0.717, 1.165) is 17.1 Å². The summed E-state index contributed by atoms with van der Waals surface area (Å²) in [5, 5.41) is 7.61. The van der Waals surface area contributed by atoms with Gasteiger partial charge in [0.05, 0.1) is 0 Å². The van der Waals surface area contributed by atoms with E-state index in [9.17, 15) is 0 Å². The summed E-state index contributed by atoms with van der Waals surface area (Å²) in [5.74, 6) is 0. The monoisotopic (exact) mass is 621 g/mol. The highest BCUT2D eigenvalue weighted by molar-refractivity contribution is 6.12.